The Kier molecular flexibility index (Phi) is 7.51. The molecule has 5 heterocycles. The van der Waals surface area contributed by atoms with Gasteiger partial charge in [0.25, 0.3) is 0 Å². The third-order valence-corrected chi connectivity index (χ3v) is 10.3. The zero-order valence-corrected chi connectivity index (χ0v) is 28.4. The Labute approximate surface area is 302 Å². The first-order chi connectivity index (χ1) is 25.4. The van der Waals surface area contributed by atoms with Crippen LogP contribution in [0.3, 0.4) is 0 Å². The van der Waals surface area contributed by atoms with Crippen LogP contribution < -0.4 is 28.3 Å². The van der Waals surface area contributed by atoms with Gasteiger partial charge in [-0.3, -0.25) is 9.98 Å². The molecule has 5 aromatic rings. The normalized spacial score (nSPS) is 24.5. The number of aromatic nitrogens is 1. The van der Waals surface area contributed by atoms with Gasteiger partial charge in [-0.2, -0.15) is 0 Å². The maximum Gasteiger partial charge on any atom is 0.0814 e. The van der Waals surface area contributed by atoms with Crippen LogP contribution in [0.15, 0.2) is 167 Å². The average molecular weight is 679 g/mol. The summed E-state index contributed by atoms with van der Waals surface area (Å²) in [5, 5.41) is 3.89. The maximum atomic E-state index is 6.17. The van der Waals surface area contributed by atoms with Gasteiger partial charge in [-0.05, 0) is 107 Å². The summed E-state index contributed by atoms with van der Waals surface area (Å²) in [5.74, 6) is -0.224. The molecule has 4 aromatic carbocycles. The summed E-state index contributed by atoms with van der Waals surface area (Å²) >= 11 is 0. The molecule has 0 saturated heterocycles. The van der Waals surface area contributed by atoms with E-state index in [-0.39, 0.29) is 23.9 Å². The molecule has 1 aromatic heterocycles. The first-order valence-electron chi connectivity index (χ1n) is 17.5. The number of nitrogens with two attached hydrogens (primary N) is 4. The molecular weight excluding hydrogens is 641 g/mol. The number of benzene rings is 4. The van der Waals surface area contributed by atoms with Crippen molar-refractivity contribution < 1.29 is 0 Å². The lowest BCUT2D eigenvalue weighted by Gasteiger charge is -2.25. The Morgan fingerprint density at radius 3 is 1.73 bits per heavy atom. The van der Waals surface area contributed by atoms with Crippen LogP contribution in [0.25, 0.3) is 11.1 Å². The number of nitrogen functional groups attached to an aromatic ring is 4. The largest absolute Gasteiger partial charge is 0.399 e. The number of H-pyrrole nitrogens is 1. The summed E-state index contributed by atoms with van der Waals surface area (Å²) in [7, 11) is 0. The van der Waals surface area contributed by atoms with Gasteiger partial charge in [-0.25, -0.2) is 0 Å². The van der Waals surface area contributed by atoms with Gasteiger partial charge < -0.3 is 33.2 Å². The number of nitrogens with one attached hydrogen (secondary N) is 2. The number of aliphatic imine (C=N–C) groups is 2. The van der Waals surface area contributed by atoms with Crippen molar-refractivity contribution in [2.24, 2.45) is 9.98 Å². The molecule has 254 valence electrons. The second-order valence-electron chi connectivity index (χ2n) is 13.7. The molecule has 4 aliphatic heterocycles. The first-order valence-corrected chi connectivity index (χ1v) is 17.5. The number of fused-ring (bicyclic) bond motifs is 6. The standard InChI is InChI=1S/C44H38N8/c45-29-9-1-25(2-10-29)41-33-17-19-35(49-33)42(26-3-11-30(46)12-4-26)37-21-23-39(51-37)44(28-7-15-32(48)16-8-28)40-24-22-38(52-40)43(36-20-18-34(41)50-36)27-5-13-31(47)14-6-27/h1-24,33,39,41,44,49,52H,45-48H2/b42-35-,43-36-. The molecule has 10 N–H and O–H groups in total. The number of nitrogens with zero attached hydrogens (tertiary/aromatic N) is 2. The summed E-state index contributed by atoms with van der Waals surface area (Å²) in [6.07, 6.45) is 13.0. The summed E-state index contributed by atoms with van der Waals surface area (Å²) in [5.41, 5.74) is 39.4. The highest BCUT2D eigenvalue weighted by atomic mass is 15.0. The van der Waals surface area contributed by atoms with E-state index in [2.05, 4.69) is 107 Å². The summed E-state index contributed by atoms with van der Waals surface area (Å²) in [6.45, 7) is 0. The predicted molar refractivity (Wildman–Crippen MR) is 215 cm³/mol. The van der Waals surface area contributed by atoms with Crippen LogP contribution in [0, 0.1) is 0 Å². The molecule has 0 fully saturated rings. The molecule has 0 aliphatic carbocycles. The molecular formula is C44H38N8. The lowest BCUT2D eigenvalue weighted by molar-refractivity contribution is 0.666. The van der Waals surface area contributed by atoms with Gasteiger partial charge in [0.05, 0.1) is 41.0 Å². The molecule has 4 aliphatic rings. The Bertz CT molecular complexity index is 2400. The first kappa shape index (κ1) is 31.2. The molecule has 0 amide bonds. The van der Waals surface area contributed by atoms with Crippen LogP contribution in [0.4, 0.5) is 22.7 Å². The Morgan fingerprint density at radius 2 is 1.10 bits per heavy atom. The Balaban J connectivity index is 1.29. The van der Waals surface area contributed by atoms with E-state index in [4.69, 9.17) is 32.9 Å². The van der Waals surface area contributed by atoms with Crippen molar-refractivity contribution in [1.82, 2.24) is 10.3 Å². The van der Waals surface area contributed by atoms with Gasteiger partial charge >= 0.3 is 0 Å². The van der Waals surface area contributed by atoms with E-state index in [1.807, 2.05) is 48.5 Å². The fraction of sp³-hybridized carbons (Fsp3) is 0.0909. The minimum absolute atomic E-state index is 0.0977. The third-order valence-electron chi connectivity index (χ3n) is 10.3. The number of aromatic amines is 1. The molecule has 9 rings (SSSR count). The van der Waals surface area contributed by atoms with E-state index in [9.17, 15) is 0 Å². The van der Waals surface area contributed by atoms with Crippen LogP contribution in [0.2, 0.25) is 0 Å². The van der Waals surface area contributed by atoms with Crippen LogP contribution in [-0.4, -0.2) is 28.5 Å². The fourth-order valence-electron chi connectivity index (χ4n) is 7.74. The van der Waals surface area contributed by atoms with E-state index in [0.717, 1.165) is 67.6 Å². The number of allylic oxidation sites excluding steroid dienone is 5. The van der Waals surface area contributed by atoms with E-state index in [1.54, 1.807) is 0 Å². The highest BCUT2D eigenvalue weighted by Gasteiger charge is 2.34. The molecule has 0 radical (unpaired) electrons. The monoisotopic (exact) mass is 678 g/mol. The lowest BCUT2D eigenvalue weighted by atomic mass is 9.87. The molecule has 0 saturated carbocycles. The van der Waals surface area contributed by atoms with Crippen molar-refractivity contribution in [2.75, 3.05) is 22.9 Å². The molecule has 4 atom stereocenters. The summed E-state index contributed by atoms with van der Waals surface area (Å²) in [6, 6.07) is 36.2. The molecule has 52 heavy (non-hydrogen) atoms. The van der Waals surface area contributed by atoms with Crippen LogP contribution >= 0.6 is 0 Å². The second kappa shape index (κ2) is 12.5. The van der Waals surface area contributed by atoms with Crippen LogP contribution in [0.1, 0.15) is 45.5 Å². The van der Waals surface area contributed by atoms with Gasteiger partial charge in [0.2, 0.25) is 0 Å². The third kappa shape index (κ3) is 5.60. The fourth-order valence-corrected chi connectivity index (χ4v) is 7.74. The summed E-state index contributed by atoms with van der Waals surface area (Å²) < 4.78 is 0. The van der Waals surface area contributed by atoms with Crippen molar-refractivity contribution in [2.45, 2.75) is 23.9 Å². The van der Waals surface area contributed by atoms with Crippen LogP contribution in [-0.2, 0) is 0 Å². The van der Waals surface area contributed by atoms with E-state index < -0.39 is 0 Å². The van der Waals surface area contributed by atoms with Gasteiger partial charge in [0, 0.05) is 51.0 Å². The zero-order chi connectivity index (χ0) is 35.3. The number of anilines is 4. The number of hydrogen-bond acceptors (Lipinski definition) is 7. The van der Waals surface area contributed by atoms with Gasteiger partial charge in [0.15, 0.2) is 0 Å². The number of hydrogen-bond donors (Lipinski definition) is 6. The maximum absolute atomic E-state index is 6.17. The highest BCUT2D eigenvalue weighted by Crippen LogP contribution is 2.40. The van der Waals surface area contributed by atoms with Crippen molar-refractivity contribution in [3.05, 3.63) is 191 Å². The lowest BCUT2D eigenvalue weighted by Crippen LogP contribution is -2.33. The molecule has 8 bridgehead atoms. The predicted octanol–water partition coefficient (Wildman–Crippen LogP) is 7.36. The van der Waals surface area contributed by atoms with E-state index in [1.165, 1.54) is 0 Å². The topological polar surface area (TPSA) is 157 Å². The summed E-state index contributed by atoms with van der Waals surface area (Å²) in [4.78, 5) is 14.7. The Hall–Kier alpha value is -6.80. The second-order valence-corrected chi connectivity index (χ2v) is 13.7. The zero-order valence-electron chi connectivity index (χ0n) is 28.4. The van der Waals surface area contributed by atoms with Crippen molar-refractivity contribution in [3.63, 3.8) is 0 Å². The highest BCUT2D eigenvalue weighted by molar-refractivity contribution is 6.31. The SMILES string of the molecule is Nc1ccc(/C2=C3\C=CC(N3)C(c3ccc(N)cc3)C3=N/C(=C(/c4ccc(N)cc4)c4ccc([nH]4)C(c4ccc(N)cc4)C4C=CC2=N4)C=C3)cc1. The van der Waals surface area contributed by atoms with Crippen molar-refractivity contribution in [3.8, 4) is 0 Å². The minimum Gasteiger partial charge on any atom is -0.399 e. The number of rotatable bonds is 4. The van der Waals surface area contributed by atoms with E-state index >= 15 is 0 Å². The van der Waals surface area contributed by atoms with Crippen LogP contribution in [0.5, 0.6) is 0 Å². The van der Waals surface area contributed by atoms with Crippen molar-refractivity contribution >= 4 is 45.3 Å². The molecule has 8 nitrogen and oxygen atoms in total. The van der Waals surface area contributed by atoms with Crippen molar-refractivity contribution in [1.29, 1.82) is 0 Å². The average Bonchev–Trinajstić information content (AvgIpc) is 3.99. The van der Waals surface area contributed by atoms with Gasteiger partial charge in [0.1, 0.15) is 0 Å². The molecule has 0 spiro atoms. The quantitative estimate of drug-likeness (QED) is 0.110. The van der Waals surface area contributed by atoms with Gasteiger partial charge in [-0.1, -0.05) is 60.7 Å². The Morgan fingerprint density at radius 1 is 0.519 bits per heavy atom. The molecule has 4 unspecified atom stereocenters. The van der Waals surface area contributed by atoms with E-state index in [0.29, 0.717) is 22.7 Å². The smallest absolute Gasteiger partial charge is 0.0814 e. The molecule has 8 heteroatoms. The minimum atomic E-state index is -0.185. The van der Waals surface area contributed by atoms with Gasteiger partial charge in [-0.15, -0.1) is 0 Å².